The molecular weight excluding hydrogens is 332 g/mol. The first-order chi connectivity index (χ1) is 12.6. The first-order valence-corrected chi connectivity index (χ1v) is 8.81. The van der Waals surface area contributed by atoms with E-state index in [0.29, 0.717) is 12.8 Å². The molecule has 0 bridgehead atoms. The van der Waals surface area contributed by atoms with Crippen LogP contribution in [-0.4, -0.2) is 37.8 Å². The van der Waals surface area contributed by atoms with Crippen LogP contribution in [0.2, 0.25) is 0 Å². The zero-order valence-corrected chi connectivity index (χ0v) is 14.2. The number of aromatic nitrogens is 2. The molecule has 7 heteroatoms. The van der Waals surface area contributed by atoms with Crippen LogP contribution in [0.3, 0.4) is 0 Å². The molecule has 7 nitrogen and oxygen atoms in total. The fourth-order valence-electron chi connectivity index (χ4n) is 3.63. The van der Waals surface area contributed by atoms with Crippen LogP contribution in [0.15, 0.2) is 42.9 Å². The Morgan fingerprint density at radius 1 is 1.15 bits per heavy atom. The van der Waals surface area contributed by atoms with Crippen LogP contribution in [0.1, 0.15) is 37.3 Å². The van der Waals surface area contributed by atoms with Gasteiger partial charge in [-0.1, -0.05) is 0 Å². The van der Waals surface area contributed by atoms with Crippen molar-refractivity contribution in [2.75, 3.05) is 5.32 Å². The molecule has 134 valence electrons. The van der Waals surface area contributed by atoms with Crippen molar-refractivity contribution in [2.24, 2.45) is 5.92 Å². The average Bonchev–Trinajstić information content (AvgIpc) is 3.49. The molecule has 4 rings (SSSR count). The molecule has 1 aliphatic heterocycles. The van der Waals surface area contributed by atoms with Gasteiger partial charge in [0.25, 0.3) is 0 Å². The lowest BCUT2D eigenvalue weighted by Gasteiger charge is -2.41. The maximum Gasteiger partial charge on any atom is 0.231 e. The van der Waals surface area contributed by atoms with Crippen molar-refractivity contribution in [3.05, 3.63) is 48.4 Å². The molecule has 0 unspecified atom stereocenters. The van der Waals surface area contributed by atoms with E-state index in [9.17, 15) is 14.7 Å². The van der Waals surface area contributed by atoms with E-state index in [4.69, 9.17) is 0 Å². The molecule has 1 aliphatic carbocycles. The van der Waals surface area contributed by atoms with Crippen molar-refractivity contribution in [3.8, 4) is 5.75 Å². The number of hydrogen-bond donors (Lipinski definition) is 2. The van der Waals surface area contributed by atoms with Gasteiger partial charge in [0.15, 0.2) is 11.6 Å². The predicted molar refractivity (Wildman–Crippen MR) is 94.1 cm³/mol. The summed E-state index contributed by atoms with van der Waals surface area (Å²) in [5, 5.41) is 12.6. The summed E-state index contributed by atoms with van der Waals surface area (Å²) < 4.78 is 0. The summed E-state index contributed by atoms with van der Waals surface area (Å²) in [6, 6.07) is 6.67. The molecule has 2 aromatic rings. The third kappa shape index (κ3) is 3.12. The molecule has 1 saturated heterocycles. The Morgan fingerprint density at radius 3 is 2.62 bits per heavy atom. The van der Waals surface area contributed by atoms with Gasteiger partial charge in [-0.15, -0.1) is 0 Å². The second-order valence-electron chi connectivity index (χ2n) is 6.76. The summed E-state index contributed by atoms with van der Waals surface area (Å²) in [5.41, 5.74) is 0.908. The van der Waals surface area contributed by atoms with Crippen molar-refractivity contribution in [1.82, 2.24) is 14.9 Å². The van der Waals surface area contributed by atoms with Crippen LogP contribution in [0.4, 0.5) is 5.82 Å². The van der Waals surface area contributed by atoms with Gasteiger partial charge in [0.1, 0.15) is 0 Å². The van der Waals surface area contributed by atoms with E-state index in [1.807, 2.05) is 17.0 Å². The quantitative estimate of drug-likeness (QED) is 0.880. The Bertz CT molecular complexity index is 823. The molecule has 0 radical (unpaired) electrons. The topological polar surface area (TPSA) is 95.4 Å². The van der Waals surface area contributed by atoms with E-state index in [0.717, 1.165) is 18.4 Å². The summed E-state index contributed by atoms with van der Waals surface area (Å²) in [5.74, 6) is -0.483. The second-order valence-corrected chi connectivity index (χ2v) is 6.76. The third-order valence-corrected chi connectivity index (χ3v) is 4.99. The number of aromatic hydroxyl groups is 1. The van der Waals surface area contributed by atoms with Gasteiger partial charge in [0, 0.05) is 31.1 Å². The number of anilines is 1. The maximum atomic E-state index is 13.0. The van der Waals surface area contributed by atoms with E-state index >= 15 is 0 Å². The summed E-state index contributed by atoms with van der Waals surface area (Å²) in [7, 11) is 0. The van der Waals surface area contributed by atoms with E-state index in [1.54, 1.807) is 18.5 Å². The summed E-state index contributed by atoms with van der Waals surface area (Å²) in [6.45, 7) is 0. The Kier molecular flexibility index (Phi) is 4.28. The summed E-state index contributed by atoms with van der Waals surface area (Å²) >= 11 is 0. The van der Waals surface area contributed by atoms with Crippen LogP contribution < -0.4 is 5.32 Å². The van der Waals surface area contributed by atoms with E-state index in [1.165, 1.54) is 12.3 Å². The number of hydrogen-bond acceptors (Lipinski definition) is 5. The first-order valence-electron chi connectivity index (χ1n) is 8.81. The van der Waals surface area contributed by atoms with Crippen LogP contribution >= 0.6 is 0 Å². The van der Waals surface area contributed by atoms with Gasteiger partial charge < -0.3 is 15.3 Å². The number of pyridine rings is 2. The molecule has 2 aromatic heterocycles. The van der Waals surface area contributed by atoms with Crippen LogP contribution in [0.5, 0.6) is 5.75 Å². The van der Waals surface area contributed by atoms with Gasteiger partial charge in [-0.05, 0) is 49.1 Å². The molecule has 26 heavy (non-hydrogen) atoms. The molecule has 2 amide bonds. The summed E-state index contributed by atoms with van der Waals surface area (Å²) in [6.07, 6.45) is 7.64. The minimum absolute atomic E-state index is 0.0766. The Morgan fingerprint density at radius 2 is 1.92 bits per heavy atom. The Labute approximate surface area is 151 Å². The van der Waals surface area contributed by atoms with Gasteiger partial charge in [0.2, 0.25) is 11.8 Å². The number of amides is 2. The standard InChI is InChI=1S/C19H20N4O3/c24-15-2-1-9-21-18(15)22-19(26)14-5-6-16(25)23(13-3-4-13)17(14)12-7-10-20-11-8-12/h1-2,7-11,13-14,17,24H,3-6H2,(H,21,22,26)/t14-,17+/m0/s1. The second kappa shape index (κ2) is 6.74. The van der Waals surface area contributed by atoms with Gasteiger partial charge >= 0.3 is 0 Å². The van der Waals surface area contributed by atoms with Gasteiger partial charge in [-0.3, -0.25) is 14.6 Å². The Balaban J connectivity index is 1.65. The number of carbonyl (C=O) groups is 2. The van der Waals surface area contributed by atoms with Gasteiger partial charge in [-0.2, -0.15) is 0 Å². The molecule has 0 aromatic carbocycles. The van der Waals surface area contributed by atoms with Crippen molar-refractivity contribution in [2.45, 2.75) is 37.8 Å². The SMILES string of the molecule is O=C(Nc1ncccc1O)[C@H]1CCC(=O)N(C2CC2)[C@@H]1c1ccncc1. The van der Waals surface area contributed by atoms with Crippen molar-refractivity contribution >= 4 is 17.6 Å². The molecular formula is C19H20N4O3. The highest BCUT2D eigenvalue weighted by Gasteiger charge is 2.46. The molecule has 2 fully saturated rings. The van der Waals surface area contributed by atoms with Gasteiger partial charge in [-0.25, -0.2) is 4.98 Å². The highest BCUT2D eigenvalue weighted by molar-refractivity contribution is 5.95. The van der Waals surface area contributed by atoms with E-state index < -0.39 is 5.92 Å². The zero-order valence-electron chi connectivity index (χ0n) is 14.2. The van der Waals surface area contributed by atoms with Gasteiger partial charge in [0.05, 0.1) is 12.0 Å². The summed E-state index contributed by atoms with van der Waals surface area (Å²) in [4.78, 5) is 35.5. The Hall–Kier alpha value is -2.96. The lowest BCUT2D eigenvalue weighted by atomic mass is 9.83. The minimum Gasteiger partial charge on any atom is -0.504 e. The number of nitrogens with zero attached hydrogens (tertiary/aromatic N) is 3. The normalized spacial score (nSPS) is 22.9. The largest absolute Gasteiger partial charge is 0.504 e. The van der Waals surface area contributed by atoms with Crippen LogP contribution in [0.25, 0.3) is 0 Å². The minimum atomic E-state index is -0.405. The molecule has 2 atom stereocenters. The first kappa shape index (κ1) is 16.5. The van der Waals surface area contributed by atoms with Crippen molar-refractivity contribution in [1.29, 1.82) is 0 Å². The fourth-order valence-corrected chi connectivity index (χ4v) is 3.63. The zero-order chi connectivity index (χ0) is 18.1. The number of carbonyl (C=O) groups excluding carboxylic acids is 2. The van der Waals surface area contributed by atoms with Crippen LogP contribution in [-0.2, 0) is 9.59 Å². The molecule has 3 heterocycles. The average molecular weight is 352 g/mol. The molecule has 2 N–H and O–H groups in total. The highest BCUT2D eigenvalue weighted by atomic mass is 16.3. The smallest absolute Gasteiger partial charge is 0.231 e. The monoisotopic (exact) mass is 352 g/mol. The third-order valence-electron chi connectivity index (χ3n) is 4.99. The molecule has 2 aliphatic rings. The molecule has 0 spiro atoms. The highest BCUT2D eigenvalue weighted by Crippen LogP contribution is 2.43. The number of piperidine rings is 1. The number of rotatable bonds is 4. The van der Waals surface area contributed by atoms with Crippen molar-refractivity contribution in [3.63, 3.8) is 0 Å². The number of nitrogens with one attached hydrogen (secondary N) is 1. The molecule has 1 saturated carbocycles. The fraction of sp³-hybridized carbons (Fsp3) is 0.368. The van der Waals surface area contributed by atoms with Crippen LogP contribution in [0, 0.1) is 5.92 Å². The lowest BCUT2D eigenvalue weighted by Crippen LogP contribution is -2.47. The lowest BCUT2D eigenvalue weighted by molar-refractivity contribution is -0.142. The maximum absolute atomic E-state index is 13.0. The van der Waals surface area contributed by atoms with E-state index in [-0.39, 0.29) is 35.5 Å². The predicted octanol–water partition coefficient (Wildman–Crippen LogP) is 2.26. The van der Waals surface area contributed by atoms with E-state index in [2.05, 4.69) is 15.3 Å². The van der Waals surface area contributed by atoms with Crippen molar-refractivity contribution < 1.29 is 14.7 Å². The number of likely N-dealkylation sites (tertiary alicyclic amines) is 1.